The fraction of sp³-hybridized carbons (Fsp3) is 0.438. The van der Waals surface area contributed by atoms with Crippen LogP contribution in [0.4, 0.5) is 10.7 Å². The summed E-state index contributed by atoms with van der Waals surface area (Å²) in [5, 5.41) is 0. The Morgan fingerprint density at radius 2 is 1.92 bits per heavy atom. The molecule has 1 heterocycles. The van der Waals surface area contributed by atoms with Crippen molar-refractivity contribution >= 4 is 29.0 Å². The van der Waals surface area contributed by atoms with Gasteiger partial charge in [0.2, 0.25) is 11.9 Å². The summed E-state index contributed by atoms with van der Waals surface area (Å²) in [6.45, 7) is 1.52. The van der Waals surface area contributed by atoms with Crippen molar-refractivity contribution in [1.29, 1.82) is 0 Å². The third-order valence-corrected chi connectivity index (χ3v) is 3.64. The summed E-state index contributed by atoms with van der Waals surface area (Å²) in [4.78, 5) is 26.5. The maximum Gasteiger partial charge on any atom is 0.404 e. The molecule has 0 spiro atoms. The number of hydrogen-bond donors (Lipinski definition) is 3. The fourth-order valence-electron chi connectivity index (χ4n) is 2.51. The highest BCUT2D eigenvalue weighted by atomic mass is 16.5. The highest BCUT2D eigenvalue weighted by Crippen LogP contribution is 2.30. The van der Waals surface area contributed by atoms with Gasteiger partial charge in [-0.05, 0) is 18.6 Å². The Balaban J connectivity index is 2.30. The van der Waals surface area contributed by atoms with Crippen LogP contribution < -0.4 is 21.9 Å². The maximum atomic E-state index is 11.6. The molecule has 0 saturated heterocycles. The van der Waals surface area contributed by atoms with E-state index >= 15 is 0 Å². The zero-order valence-corrected chi connectivity index (χ0v) is 14.6. The van der Waals surface area contributed by atoms with E-state index in [4.69, 9.17) is 31.4 Å². The van der Waals surface area contributed by atoms with E-state index in [2.05, 4.69) is 4.98 Å². The number of methoxy groups -OCH3 is 1. The molecule has 0 bridgehead atoms. The summed E-state index contributed by atoms with van der Waals surface area (Å²) in [6.07, 6.45) is 0.329. The van der Waals surface area contributed by atoms with Gasteiger partial charge in [-0.3, -0.25) is 4.79 Å². The number of anilines is 1. The molecule has 10 heteroatoms. The lowest BCUT2D eigenvalue weighted by atomic mass is 10.1. The van der Waals surface area contributed by atoms with Crippen molar-refractivity contribution in [3.8, 4) is 5.75 Å². The van der Waals surface area contributed by atoms with Crippen molar-refractivity contribution in [2.75, 3.05) is 32.7 Å². The van der Waals surface area contributed by atoms with Crippen molar-refractivity contribution in [2.24, 2.45) is 11.5 Å². The molecule has 0 saturated carbocycles. The van der Waals surface area contributed by atoms with Crippen LogP contribution in [0.1, 0.15) is 23.2 Å². The standard InChI is InChI=1S/C16H23N5O5/c1-24-5-3-7-25-12-9-10(14(17)22)8-11-13(12)21(15(18)20-11)4-2-6-26-16(19)23/h8-9H,2-7H2,1H3,(H2,17,22)(H2,18,20)(H2,19,23). The molecule has 0 radical (unpaired) electrons. The first-order chi connectivity index (χ1) is 12.4. The maximum absolute atomic E-state index is 11.6. The van der Waals surface area contributed by atoms with E-state index in [9.17, 15) is 9.59 Å². The van der Waals surface area contributed by atoms with E-state index < -0.39 is 12.0 Å². The zero-order valence-electron chi connectivity index (χ0n) is 14.6. The first kappa shape index (κ1) is 19.3. The lowest BCUT2D eigenvalue weighted by Crippen LogP contribution is -2.15. The number of primary amides is 2. The number of rotatable bonds is 10. The molecule has 2 aromatic rings. The number of ether oxygens (including phenoxy) is 3. The normalized spacial score (nSPS) is 10.8. The second-order valence-corrected chi connectivity index (χ2v) is 5.54. The van der Waals surface area contributed by atoms with Gasteiger partial charge in [0, 0.05) is 32.2 Å². The Kier molecular flexibility index (Phi) is 6.61. The number of hydrogen-bond acceptors (Lipinski definition) is 7. The number of carbonyl (C=O) groups is 2. The van der Waals surface area contributed by atoms with Crippen LogP contribution >= 0.6 is 0 Å². The van der Waals surface area contributed by atoms with Crippen LogP contribution in [-0.4, -0.2) is 48.5 Å². The van der Waals surface area contributed by atoms with E-state index in [0.29, 0.717) is 49.4 Å². The Labute approximate surface area is 150 Å². The van der Waals surface area contributed by atoms with Crippen molar-refractivity contribution in [3.05, 3.63) is 17.7 Å². The summed E-state index contributed by atoms with van der Waals surface area (Å²) in [6, 6.07) is 3.13. The predicted octanol–water partition coefficient (Wildman–Crippen LogP) is 0.618. The van der Waals surface area contributed by atoms with E-state index in [1.54, 1.807) is 23.8 Å². The number of fused-ring (bicyclic) bond motifs is 1. The zero-order chi connectivity index (χ0) is 19.1. The molecule has 0 unspecified atom stereocenters. The van der Waals surface area contributed by atoms with E-state index in [0.717, 1.165) is 0 Å². The molecular formula is C16H23N5O5. The predicted molar refractivity (Wildman–Crippen MR) is 94.8 cm³/mol. The van der Waals surface area contributed by atoms with Gasteiger partial charge in [0.05, 0.1) is 18.7 Å². The third kappa shape index (κ3) is 4.76. The lowest BCUT2D eigenvalue weighted by molar-refractivity contribution is 0.0999. The molecule has 0 fully saturated rings. The molecule has 6 N–H and O–H groups in total. The highest BCUT2D eigenvalue weighted by molar-refractivity contribution is 5.98. The number of benzene rings is 1. The van der Waals surface area contributed by atoms with Crippen LogP contribution in [0.2, 0.25) is 0 Å². The molecule has 2 amide bonds. The SMILES string of the molecule is COCCCOc1cc(C(N)=O)cc2nc(N)n(CCCOC(N)=O)c12. The van der Waals surface area contributed by atoms with E-state index in [-0.39, 0.29) is 18.1 Å². The number of aryl methyl sites for hydroxylation is 1. The molecule has 0 aliphatic heterocycles. The Morgan fingerprint density at radius 1 is 1.15 bits per heavy atom. The number of carbonyl (C=O) groups excluding carboxylic acids is 2. The Bertz CT molecular complexity index is 789. The largest absolute Gasteiger partial charge is 0.491 e. The Hall–Kier alpha value is -3.01. The molecule has 0 aliphatic carbocycles. The van der Waals surface area contributed by atoms with Gasteiger partial charge in [-0.2, -0.15) is 0 Å². The van der Waals surface area contributed by atoms with E-state index in [1.807, 2.05) is 0 Å². The number of nitrogens with two attached hydrogens (primary N) is 3. The summed E-state index contributed by atoms with van der Waals surface area (Å²) in [5.41, 5.74) is 17.7. The number of aromatic nitrogens is 2. The number of imidazole rings is 1. The average molecular weight is 365 g/mol. The summed E-state index contributed by atoms with van der Waals surface area (Å²) in [5.74, 6) is 0.117. The molecule has 26 heavy (non-hydrogen) atoms. The third-order valence-electron chi connectivity index (χ3n) is 3.64. The molecular weight excluding hydrogens is 342 g/mol. The summed E-state index contributed by atoms with van der Waals surface area (Å²) >= 11 is 0. The van der Waals surface area contributed by atoms with Gasteiger partial charge in [0.25, 0.3) is 0 Å². The van der Waals surface area contributed by atoms with Gasteiger partial charge in [-0.25, -0.2) is 9.78 Å². The van der Waals surface area contributed by atoms with Gasteiger partial charge in [-0.15, -0.1) is 0 Å². The first-order valence-electron chi connectivity index (χ1n) is 8.07. The molecule has 2 rings (SSSR count). The van der Waals surface area contributed by atoms with Gasteiger partial charge in [-0.1, -0.05) is 0 Å². The summed E-state index contributed by atoms with van der Waals surface area (Å²) in [7, 11) is 1.61. The Morgan fingerprint density at radius 3 is 2.58 bits per heavy atom. The monoisotopic (exact) mass is 365 g/mol. The minimum absolute atomic E-state index is 0.151. The molecule has 10 nitrogen and oxygen atoms in total. The lowest BCUT2D eigenvalue weighted by Gasteiger charge is -2.12. The van der Waals surface area contributed by atoms with Crippen molar-refractivity contribution in [1.82, 2.24) is 9.55 Å². The van der Waals surface area contributed by atoms with Gasteiger partial charge in [0.15, 0.2) is 0 Å². The molecule has 142 valence electrons. The number of amides is 2. The fourth-order valence-corrected chi connectivity index (χ4v) is 2.51. The number of nitrogen functional groups attached to an aromatic ring is 1. The van der Waals surface area contributed by atoms with Crippen LogP contribution in [0, 0.1) is 0 Å². The molecule has 0 aliphatic rings. The topological polar surface area (TPSA) is 158 Å². The van der Waals surface area contributed by atoms with Gasteiger partial charge < -0.3 is 36.0 Å². The van der Waals surface area contributed by atoms with Crippen molar-refractivity contribution < 1.29 is 23.8 Å². The van der Waals surface area contributed by atoms with Crippen LogP contribution in [0.15, 0.2) is 12.1 Å². The van der Waals surface area contributed by atoms with Gasteiger partial charge >= 0.3 is 6.09 Å². The van der Waals surface area contributed by atoms with Crippen LogP contribution in [0.25, 0.3) is 11.0 Å². The van der Waals surface area contributed by atoms with Crippen LogP contribution in [0.5, 0.6) is 5.75 Å². The van der Waals surface area contributed by atoms with Crippen LogP contribution in [0.3, 0.4) is 0 Å². The molecule has 1 aromatic heterocycles. The summed E-state index contributed by atoms with van der Waals surface area (Å²) < 4.78 is 17.3. The second-order valence-electron chi connectivity index (χ2n) is 5.54. The minimum Gasteiger partial charge on any atom is -0.491 e. The highest BCUT2D eigenvalue weighted by Gasteiger charge is 2.17. The number of nitrogens with zero attached hydrogens (tertiary/aromatic N) is 2. The second kappa shape index (κ2) is 8.90. The van der Waals surface area contributed by atoms with Crippen molar-refractivity contribution in [3.63, 3.8) is 0 Å². The molecule has 0 atom stereocenters. The quantitative estimate of drug-likeness (QED) is 0.520. The first-order valence-corrected chi connectivity index (χ1v) is 8.07. The minimum atomic E-state index is -0.832. The van der Waals surface area contributed by atoms with Crippen molar-refractivity contribution in [2.45, 2.75) is 19.4 Å². The van der Waals surface area contributed by atoms with Gasteiger partial charge in [0.1, 0.15) is 11.3 Å². The smallest absolute Gasteiger partial charge is 0.404 e. The molecule has 1 aromatic carbocycles. The van der Waals surface area contributed by atoms with E-state index in [1.165, 1.54) is 0 Å². The average Bonchev–Trinajstić information content (AvgIpc) is 2.90. The van der Waals surface area contributed by atoms with Crippen LogP contribution in [-0.2, 0) is 16.0 Å².